The summed E-state index contributed by atoms with van der Waals surface area (Å²) < 4.78 is 0. The summed E-state index contributed by atoms with van der Waals surface area (Å²) in [6.45, 7) is 4.71. The number of likely N-dealkylation sites (N-methyl/N-ethyl adjacent to an activating group) is 1. The van der Waals surface area contributed by atoms with Crippen molar-refractivity contribution in [2.24, 2.45) is 0 Å². The smallest absolute Gasteiger partial charge is 0.243 e. The summed E-state index contributed by atoms with van der Waals surface area (Å²) in [5, 5.41) is 3.50. The summed E-state index contributed by atoms with van der Waals surface area (Å²) >= 11 is 6.43. The number of hydrogen-bond acceptors (Lipinski definition) is 2. The van der Waals surface area contributed by atoms with E-state index in [-0.39, 0.29) is 18.4 Å². The topological polar surface area (TPSA) is 49.4 Å². The van der Waals surface area contributed by atoms with Gasteiger partial charge in [0.1, 0.15) is 6.04 Å². The van der Waals surface area contributed by atoms with Gasteiger partial charge in [0.05, 0.1) is 0 Å². The van der Waals surface area contributed by atoms with Gasteiger partial charge < -0.3 is 10.2 Å². The molecule has 0 aliphatic rings. The second-order valence-electron chi connectivity index (χ2n) is 8.20. The lowest BCUT2D eigenvalue weighted by atomic mass is 10.0. The molecular formula is C28H31ClN2O2. The monoisotopic (exact) mass is 462 g/mol. The second kappa shape index (κ2) is 12.2. The molecule has 0 unspecified atom stereocenters. The van der Waals surface area contributed by atoms with Crippen LogP contribution in [0.25, 0.3) is 0 Å². The Morgan fingerprint density at radius 1 is 0.909 bits per heavy atom. The summed E-state index contributed by atoms with van der Waals surface area (Å²) in [7, 11) is 0. The lowest BCUT2D eigenvalue weighted by Crippen LogP contribution is -2.50. The molecule has 0 aromatic heterocycles. The zero-order chi connectivity index (χ0) is 23.6. The van der Waals surface area contributed by atoms with Crippen LogP contribution in [0.1, 0.15) is 35.6 Å². The van der Waals surface area contributed by atoms with E-state index in [0.717, 1.165) is 16.7 Å². The third-order valence-electron chi connectivity index (χ3n) is 5.67. The fourth-order valence-corrected chi connectivity index (χ4v) is 4.00. The van der Waals surface area contributed by atoms with Gasteiger partial charge in [-0.2, -0.15) is 0 Å². The molecule has 5 heteroatoms. The molecule has 0 aliphatic carbocycles. The first-order valence-electron chi connectivity index (χ1n) is 11.4. The Hall–Kier alpha value is -3.11. The molecule has 1 N–H and O–H groups in total. The maximum Gasteiger partial charge on any atom is 0.243 e. The van der Waals surface area contributed by atoms with E-state index in [4.69, 9.17) is 11.6 Å². The van der Waals surface area contributed by atoms with E-state index >= 15 is 0 Å². The van der Waals surface area contributed by atoms with Gasteiger partial charge in [0.2, 0.25) is 11.8 Å². The predicted molar refractivity (Wildman–Crippen MR) is 134 cm³/mol. The lowest BCUT2D eigenvalue weighted by molar-refractivity contribution is -0.141. The number of hydrogen-bond donors (Lipinski definition) is 1. The van der Waals surface area contributed by atoms with E-state index in [1.54, 1.807) is 4.90 Å². The molecule has 0 fully saturated rings. The van der Waals surface area contributed by atoms with Crippen LogP contribution in [-0.4, -0.2) is 29.3 Å². The Balaban J connectivity index is 1.89. The van der Waals surface area contributed by atoms with Crippen molar-refractivity contribution in [3.05, 3.63) is 106 Å². The first-order chi connectivity index (χ1) is 16.0. The lowest BCUT2D eigenvalue weighted by Gasteiger charge is -2.32. The third-order valence-corrected chi connectivity index (χ3v) is 6.04. The van der Waals surface area contributed by atoms with Gasteiger partial charge >= 0.3 is 0 Å². The number of nitrogens with one attached hydrogen (secondary N) is 1. The number of carbonyl (C=O) groups is 2. The Bertz CT molecular complexity index is 1050. The molecule has 3 aromatic carbocycles. The summed E-state index contributed by atoms with van der Waals surface area (Å²) in [5.74, 6) is -0.222. The minimum Gasteiger partial charge on any atom is -0.355 e. The maximum absolute atomic E-state index is 13.5. The number of aryl methyl sites for hydroxylation is 2. The predicted octanol–water partition coefficient (Wildman–Crippen LogP) is 5.36. The van der Waals surface area contributed by atoms with Gasteiger partial charge in [-0.1, -0.05) is 90.0 Å². The zero-order valence-corrected chi connectivity index (χ0v) is 20.0. The standard InChI is InChI=1S/C28H31ClN2O2/c1-3-30-28(33)26(19-23-9-5-4-6-10-23)31(20-24-11-7-8-12-25(24)29)27(32)18-17-22-15-13-21(2)14-16-22/h4-16,26H,3,17-20H2,1-2H3,(H,30,33)/t26-/m0/s1. The normalized spacial score (nSPS) is 11.6. The molecule has 3 aromatic rings. The largest absolute Gasteiger partial charge is 0.355 e. The van der Waals surface area contributed by atoms with Crippen molar-refractivity contribution in [1.82, 2.24) is 10.2 Å². The van der Waals surface area contributed by atoms with Crippen molar-refractivity contribution in [1.29, 1.82) is 0 Å². The molecule has 0 radical (unpaired) electrons. The Morgan fingerprint density at radius 2 is 1.58 bits per heavy atom. The van der Waals surface area contributed by atoms with Crippen LogP contribution in [0.2, 0.25) is 5.02 Å². The highest BCUT2D eigenvalue weighted by Crippen LogP contribution is 2.21. The number of nitrogens with zero attached hydrogens (tertiary/aromatic N) is 1. The molecule has 1 atom stereocenters. The molecule has 0 heterocycles. The number of rotatable bonds is 10. The highest BCUT2D eigenvalue weighted by atomic mass is 35.5. The average Bonchev–Trinajstić information content (AvgIpc) is 2.82. The molecule has 0 bridgehead atoms. The van der Waals surface area contributed by atoms with Crippen LogP contribution >= 0.6 is 11.6 Å². The molecule has 4 nitrogen and oxygen atoms in total. The Labute approximate surface area is 201 Å². The van der Waals surface area contributed by atoms with Crippen LogP contribution in [0.4, 0.5) is 0 Å². The van der Waals surface area contributed by atoms with E-state index in [1.807, 2.05) is 92.7 Å². The minimum atomic E-state index is -0.630. The zero-order valence-electron chi connectivity index (χ0n) is 19.3. The Kier molecular flexibility index (Phi) is 9.08. The van der Waals surface area contributed by atoms with Gasteiger partial charge in [-0.3, -0.25) is 9.59 Å². The van der Waals surface area contributed by atoms with Crippen LogP contribution in [0.5, 0.6) is 0 Å². The quantitative estimate of drug-likeness (QED) is 0.441. The van der Waals surface area contributed by atoms with E-state index in [2.05, 4.69) is 5.32 Å². The molecular weight excluding hydrogens is 432 g/mol. The summed E-state index contributed by atoms with van der Waals surface area (Å²) in [5.41, 5.74) is 4.11. The highest BCUT2D eigenvalue weighted by molar-refractivity contribution is 6.31. The summed E-state index contributed by atoms with van der Waals surface area (Å²) in [6.07, 6.45) is 1.37. The van der Waals surface area contributed by atoms with E-state index in [9.17, 15) is 9.59 Å². The van der Waals surface area contributed by atoms with Gasteiger partial charge in [-0.15, -0.1) is 0 Å². The molecule has 172 valence electrons. The number of amides is 2. The van der Waals surface area contributed by atoms with Crippen LogP contribution in [0, 0.1) is 6.92 Å². The molecule has 0 saturated carbocycles. The third kappa shape index (κ3) is 7.19. The molecule has 3 rings (SSSR count). The maximum atomic E-state index is 13.5. The van der Waals surface area contributed by atoms with E-state index < -0.39 is 6.04 Å². The van der Waals surface area contributed by atoms with Gasteiger partial charge in [0.25, 0.3) is 0 Å². The van der Waals surface area contributed by atoms with Crippen molar-refractivity contribution < 1.29 is 9.59 Å². The van der Waals surface area contributed by atoms with E-state index in [1.165, 1.54) is 5.56 Å². The van der Waals surface area contributed by atoms with Gasteiger partial charge in [0.15, 0.2) is 0 Å². The first kappa shape index (κ1) is 24.5. The number of carbonyl (C=O) groups excluding carboxylic acids is 2. The van der Waals surface area contributed by atoms with Crippen LogP contribution < -0.4 is 5.32 Å². The average molecular weight is 463 g/mol. The van der Waals surface area contributed by atoms with Crippen LogP contribution in [-0.2, 0) is 29.0 Å². The first-order valence-corrected chi connectivity index (χ1v) is 11.8. The summed E-state index contributed by atoms with van der Waals surface area (Å²) in [6, 6.07) is 24.8. The van der Waals surface area contributed by atoms with Crippen molar-refractivity contribution in [2.45, 2.75) is 45.7 Å². The van der Waals surface area contributed by atoms with Crippen LogP contribution in [0.3, 0.4) is 0 Å². The second-order valence-corrected chi connectivity index (χ2v) is 8.61. The van der Waals surface area contributed by atoms with E-state index in [0.29, 0.717) is 30.8 Å². The fourth-order valence-electron chi connectivity index (χ4n) is 3.81. The van der Waals surface area contributed by atoms with Gasteiger partial charge in [0, 0.05) is 31.0 Å². The SMILES string of the molecule is CCNC(=O)[C@H](Cc1ccccc1)N(Cc1ccccc1Cl)C(=O)CCc1ccc(C)cc1. The van der Waals surface area contributed by atoms with Crippen molar-refractivity contribution in [3.8, 4) is 0 Å². The Morgan fingerprint density at radius 3 is 2.24 bits per heavy atom. The minimum absolute atomic E-state index is 0.0670. The van der Waals surface area contributed by atoms with Crippen molar-refractivity contribution >= 4 is 23.4 Å². The van der Waals surface area contributed by atoms with Crippen LogP contribution in [0.15, 0.2) is 78.9 Å². The van der Waals surface area contributed by atoms with Gasteiger partial charge in [-0.05, 0) is 43.0 Å². The molecule has 0 aliphatic heterocycles. The van der Waals surface area contributed by atoms with Gasteiger partial charge in [-0.25, -0.2) is 0 Å². The molecule has 0 saturated heterocycles. The highest BCUT2D eigenvalue weighted by Gasteiger charge is 2.30. The molecule has 2 amide bonds. The molecule has 0 spiro atoms. The molecule has 33 heavy (non-hydrogen) atoms. The number of halogens is 1. The summed E-state index contributed by atoms with van der Waals surface area (Å²) in [4.78, 5) is 28.4. The van der Waals surface area contributed by atoms with Crippen molar-refractivity contribution in [2.75, 3.05) is 6.54 Å². The van der Waals surface area contributed by atoms with Crippen molar-refractivity contribution in [3.63, 3.8) is 0 Å². The fraction of sp³-hybridized carbons (Fsp3) is 0.286. The number of benzene rings is 3.